The zero-order valence-corrected chi connectivity index (χ0v) is 20.3. The van der Waals surface area contributed by atoms with Crippen LogP contribution in [0.4, 0.5) is 4.79 Å². The van der Waals surface area contributed by atoms with Gasteiger partial charge < -0.3 is 19.5 Å². The lowest BCUT2D eigenvalue weighted by Crippen LogP contribution is -2.43. The molecule has 0 spiro atoms. The molecular weight excluding hydrogens is 406 g/mol. The van der Waals surface area contributed by atoms with Crippen LogP contribution in [0.15, 0.2) is 42.5 Å². The molecule has 0 aliphatic carbocycles. The van der Waals surface area contributed by atoms with Crippen molar-refractivity contribution < 1.29 is 23.8 Å². The summed E-state index contributed by atoms with van der Waals surface area (Å²) in [5, 5.41) is 2.54. The quantitative estimate of drug-likeness (QED) is 0.591. The van der Waals surface area contributed by atoms with E-state index in [1.165, 1.54) is 0 Å². The van der Waals surface area contributed by atoms with Crippen molar-refractivity contribution in [3.63, 3.8) is 0 Å². The van der Waals surface area contributed by atoms with E-state index in [-0.39, 0.29) is 5.92 Å². The molecule has 0 saturated heterocycles. The van der Waals surface area contributed by atoms with Crippen molar-refractivity contribution in [1.82, 2.24) is 5.32 Å². The number of rotatable bonds is 7. The number of hydrogen-bond donors (Lipinski definition) is 1. The molecule has 2 aromatic carbocycles. The molecular formula is C26H35NO5. The van der Waals surface area contributed by atoms with Crippen molar-refractivity contribution in [2.24, 2.45) is 0 Å². The zero-order chi connectivity index (χ0) is 24.1. The second-order valence-electron chi connectivity index (χ2n) is 9.14. The largest absolute Gasteiger partial charge is 0.496 e. The van der Waals surface area contributed by atoms with Crippen LogP contribution in [-0.2, 0) is 14.3 Å². The Balaban J connectivity index is 2.27. The fraction of sp³-hybridized carbons (Fsp3) is 0.462. The van der Waals surface area contributed by atoms with Gasteiger partial charge in [-0.2, -0.15) is 0 Å². The first kappa shape index (κ1) is 25.2. The second-order valence-corrected chi connectivity index (χ2v) is 9.14. The molecule has 0 aliphatic heterocycles. The van der Waals surface area contributed by atoms with Crippen LogP contribution in [0.5, 0.6) is 5.75 Å². The third kappa shape index (κ3) is 7.01. The first-order valence-corrected chi connectivity index (χ1v) is 10.8. The van der Waals surface area contributed by atoms with Gasteiger partial charge in [-0.3, -0.25) is 0 Å². The van der Waals surface area contributed by atoms with Crippen molar-refractivity contribution >= 4 is 12.1 Å². The predicted octanol–water partition coefficient (Wildman–Crippen LogP) is 5.29. The maximum Gasteiger partial charge on any atom is 0.408 e. The summed E-state index contributed by atoms with van der Waals surface area (Å²) in [5.74, 6) is -0.0474. The average Bonchev–Trinajstić information content (AvgIpc) is 2.69. The molecule has 0 fully saturated rings. The SMILES string of the molecule is COc1cc(C)ccc1[C@@H](c1ccc(C)cc1)[C@H](C)OC(=O)[C@H](C)NC(=O)OC(C)(C)C. The van der Waals surface area contributed by atoms with Crippen LogP contribution in [0.2, 0.25) is 0 Å². The molecule has 3 atom stereocenters. The van der Waals surface area contributed by atoms with Crippen molar-refractivity contribution in [2.75, 3.05) is 7.11 Å². The van der Waals surface area contributed by atoms with Gasteiger partial charge in [-0.05, 0) is 65.7 Å². The summed E-state index contributed by atoms with van der Waals surface area (Å²) >= 11 is 0. The summed E-state index contributed by atoms with van der Waals surface area (Å²) in [6.07, 6.45) is -1.17. The van der Waals surface area contributed by atoms with Gasteiger partial charge in [-0.25, -0.2) is 9.59 Å². The number of esters is 1. The maximum atomic E-state index is 12.8. The molecule has 0 aromatic heterocycles. The molecule has 1 N–H and O–H groups in total. The molecule has 2 rings (SSSR count). The highest BCUT2D eigenvalue weighted by molar-refractivity contribution is 5.81. The van der Waals surface area contributed by atoms with E-state index >= 15 is 0 Å². The van der Waals surface area contributed by atoms with Crippen molar-refractivity contribution in [1.29, 1.82) is 0 Å². The number of carbonyl (C=O) groups excluding carboxylic acids is 2. The van der Waals surface area contributed by atoms with Crippen LogP contribution in [0.1, 0.15) is 62.8 Å². The molecule has 6 heteroatoms. The number of benzene rings is 2. The summed E-state index contributed by atoms with van der Waals surface area (Å²) < 4.78 is 16.7. The van der Waals surface area contributed by atoms with Gasteiger partial charge in [0.2, 0.25) is 0 Å². The molecule has 0 radical (unpaired) electrons. The smallest absolute Gasteiger partial charge is 0.408 e. The number of nitrogens with one attached hydrogen (secondary N) is 1. The molecule has 6 nitrogen and oxygen atoms in total. The van der Waals surface area contributed by atoms with E-state index in [4.69, 9.17) is 14.2 Å². The summed E-state index contributed by atoms with van der Waals surface area (Å²) in [5.41, 5.74) is 3.50. The Bertz CT molecular complexity index is 930. The molecule has 0 saturated carbocycles. The fourth-order valence-corrected chi connectivity index (χ4v) is 3.45. The molecule has 174 valence electrons. The van der Waals surface area contributed by atoms with E-state index < -0.39 is 29.8 Å². The Kier molecular flexibility index (Phi) is 8.31. The van der Waals surface area contributed by atoms with Crippen LogP contribution in [0, 0.1) is 13.8 Å². The molecule has 0 bridgehead atoms. The van der Waals surface area contributed by atoms with E-state index in [0.29, 0.717) is 0 Å². The number of carbonyl (C=O) groups is 2. The lowest BCUT2D eigenvalue weighted by atomic mass is 9.85. The minimum Gasteiger partial charge on any atom is -0.496 e. The Morgan fingerprint density at radius 2 is 1.53 bits per heavy atom. The number of ether oxygens (including phenoxy) is 3. The Labute approximate surface area is 191 Å². The van der Waals surface area contributed by atoms with Crippen molar-refractivity contribution in [3.8, 4) is 5.75 Å². The third-order valence-electron chi connectivity index (χ3n) is 5.02. The van der Waals surface area contributed by atoms with Crippen molar-refractivity contribution in [3.05, 3.63) is 64.7 Å². The standard InChI is InChI=1S/C26H35NO5/c1-16-9-12-20(13-10-16)23(21-14-11-17(2)15-22(21)30-8)19(4)31-24(28)18(3)27-25(29)32-26(5,6)7/h9-15,18-19,23H,1-8H3,(H,27,29)/t18-,19-,23+/m0/s1. The van der Waals surface area contributed by atoms with Gasteiger partial charge in [0.15, 0.2) is 0 Å². The highest BCUT2D eigenvalue weighted by atomic mass is 16.6. The van der Waals surface area contributed by atoms with Crippen LogP contribution in [0.3, 0.4) is 0 Å². The highest BCUT2D eigenvalue weighted by Crippen LogP contribution is 2.36. The van der Waals surface area contributed by atoms with E-state index in [9.17, 15) is 9.59 Å². The Hall–Kier alpha value is -3.02. The normalized spacial score (nSPS) is 14.1. The number of amides is 1. The minimum atomic E-state index is -0.856. The fourth-order valence-electron chi connectivity index (χ4n) is 3.45. The molecule has 32 heavy (non-hydrogen) atoms. The van der Waals surface area contributed by atoms with Crippen LogP contribution >= 0.6 is 0 Å². The number of methoxy groups -OCH3 is 1. The van der Waals surface area contributed by atoms with E-state index in [2.05, 4.69) is 5.32 Å². The summed E-state index contributed by atoms with van der Waals surface area (Å²) in [6, 6.07) is 13.3. The lowest BCUT2D eigenvalue weighted by Gasteiger charge is -2.28. The van der Waals surface area contributed by atoms with Crippen LogP contribution in [0.25, 0.3) is 0 Å². The van der Waals surface area contributed by atoms with Gasteiger partial charge in [0.25, 0.3) is 0 Å². The number of aryl methyl sites for hydroxylation is 2. The molecule has 0 heterocycles. The van der Waals surface area contributed by atoms with Gasteiger partial charge in [-0.1, -0.05) is 42.0 Å². The highest BCUT2D eigenvalue weighted by Gasteiger charge is 2.30. The van der Waals surface area contributed by atoms with Crippen LogP contribution < -0.4 is 10.1 Å². The van der Waals surface area contributed by atoms with Crippen LogP contribution in [-0.4, -0.2) is 36.9 Å². The topological polar surface area (TPSA) is 73.9 Å². The predicted molar refractivity (Wildman–Crippen MR) is 125 cm³/mol. The van der Waals surface area contributed by atoms with E-state index in [0.717, 1.165) is 28.0 Å². The van der Waals surface area contributed by atoms with Gasteiger partial charge in [0.1, 0.15) is 23.5 Å². The van der Waals surface area contributed by atoms with Crippen molar-refractivity contribution in [2.45, 2.75) is 72.1 Å². The van der Waals surface area contributed by atoms with Gasteiger partial charge in [0.05, 0.1) is 7.11 Å². The molecule has 0 unspecified atom stereocenters. The lowest BCUT2D eigenvalue weighted by molar-refractivity contribution is -0.150. The molecule has 2 aromatic rings. The third-order valence-corrected chi connectivity index (χ3v) is 5.02. The first-order valence-electron chi connectivity index (χ1n) is 10.8. The minimum absolute atomic E-state index is 0.246. The van der Waals surface area contributed by atoms with Gasteiger partial charge in [0, 0.05) is 11.5 Å². The maximum absolute atomic E-state index is 12.8. The summed E-state index contributed by atoms with van der Waals surface area (Å²) in [7, 11) is 1.63. The first-order chi connectivity index (χ1) is 14.9. The summed E-state index contributed by atoms with van der Waals surface area (Å²) in [6.45, 7) is 12.7. The molecule has 0 aliphatic rings. The average molecular weight is 442 g/mol. The Morgan fingerprint density at radius 1 is 0.938 bits per heavy atom. The zero-order valence-electron chi connectivity index (χ0n) is 20.3. The van der Waals surface area contributed by atoms with Gasteiger partial charge in [-0.15, -0.1) is 0 Å². The van der Waals surface area contributed by atoms with E-state index in [1.807, 2.05) is 63.2 Å². The van der Waals surface area contributed by atoms with Gasteiger partial charge >= 0.3 is 12.1 Å². The monoisotopic (exact) mass is 441 g/mol. The van der Waals surface area contributed by atoms with E-state index in [1.54, 1.807) is 34.8 Å². The second kappa shape index (κ2) is 10.5. The Morgan fingerprint density at radius 3 is 2.09 bits per heavy atom. The number of hydrogen-bond acceptors (Lipinski definition) is 5. The summed E-state index contributed by atoms with van der Waals surface area (Å²) in [4.78, 5) is 24.8. The molecule has 1 amide bonds. The number of alkyl carbamates (subject to hydrolysis) is 1.